The Morgan fingerprint density at radius 2 is 1.96 bits per heavy atom. The van der Waals surface area contributed by atoms with Crippen LogP contribution >= 0.6 is 24.8 Å². The van der Waals surface area contributed by atoms with Gasteiger partial charge in [-0.25, -0.2) is 0 Å². The zero-order valence-electron chi connectivity index (χ0n) is 13.6. The van der Waals surface area contributed by atoms with E-state index in [-0.39, 0.29) is 36.4 Å². The van der Waals surface area contributed by atoms with Crippen molar-refractivity contribution >= 4 is 42.1 Å². The van der Waals surface area contributed by atoms with Crippen LogP contribution < -0.4 is 10.2 Å². The number of benzene rings is 1. The van der Waals surface area contributed by atoms with Crippen LogP contribution in [0.3, 0.4) is 0 Å². The Morgan fingerprint density at radius 1 is 1.24 bits per heavy atom. The van der Waals surface area contributed by atoms with Crippen LogP contribution in [-0.4, -0.2) is 67.7 Å². The molecule has 140 valence electrons. The number of carbonyl (C=O) groups excluding carboxylic acids is 1. The third-order valence-electron chi connectivity index (χ3n) is 4.20. The molecule has 1 aromatic rings. The normalized spacial score (nSPS) is 20.2. The monoisotopic (exact) mass is 392 g/mol. The second-order valence-electron chi connectivity index (χ2n) is 5.65. The van der Waals surface area contributed by atoms with Gasteiger partial charge in [-0.1, -0.05) is 6.07 Å². The summed E-state index contributed by atoms with van der Waals surface area (Å²) in [6.45, 7) is 4.42. The van der Waals surface area contributed by atoms with Crippen LogP contribution in [0.25, 0.3) is 0 Å². The maximum atomic E-state index is 12.4. The third kappa shape index (κ3) is 5.18. The first-order valence-corrected chi connectivity index (χ1v) is 7.75. The first kappa shape index (κ1) is 21.4. The molecule has 0 bridgehead atoms. The van der Waals surface area contributed by atoms with E-state index in [2.05, 4.69) is 10.2 Å². The number of ether oxygens (including phenoxy) is 1. The van der Waals surface area contributed by atoms with Gasteiger partial charge in [-0.2, -0.15) is 0 Å². The van der Waals surface area contributed by atoms with E-state index in [1.807, 2.05) is 11.0 Å². The number of carbonyl (C=O) groups is 1. The molecule has 1 unspecified atom stereocenters. The summed E-state index contributed by atoms with van der Waals surface area (Å²) in [5.41, 5.74) is 0.907. The van der Waals surface area contributed by atoms with Gasteiger partial charge in [0, 0.05) is 57.1 Å². The molecule has 2 heterocycles. The number of amides is 1. The first-order chi connectivity index (χ1) is 11.1. The van der Waals surface area contributed by atoms with E-state index in [0.717, 1.165) is 12.2 Å². The summed E-state index contributed by atoms with van der Waals surface area (Å²) in [7, 11) is 0. The second-order valence-corrected chi connectivity index (χ2v) is 5.65. The Labute approximate surface area is 158 Å². The number of rotatable bonds is 3. The quantitative estimate of drug-likeness (QED) is 0.611. The lowest BCUT2D eigenvalue weighted by Crippen LogP contribution is -2.55. The number of piperazine rings is 1. The minimum Gasteiger partial charge on any atom is -0.368 e. The van der Waals surface area contributed by atoms with Crippen molar-refractivity contribution in [2.75, 3.05) is 50.8 Å². The molecule has 8 nitrogen and oxygen atoms in total. The molecule has 1 aromatic carbocycles. The van der Waals surface area contributed by atoms with Gasteiger partial charge in [0.2, 0.25) is 0 Å². The van der Waals surface area contributed by atoms with E-state index >= 15 is 0 Å². The molecule has 2 fully saturated rings. The molecule has 25 heavy (non-hydrogen) atoms. The molecule has 2 aliphatic heterocycles. The third-order valence-corrected chi connectivity index (χ3v) is 4.20. The zero-order valence-corrected chi connectivity index (χ0v) is 15.3. The standard InChI is InChI=1S/C15H20N4O4.2ClH/c20-15(14-11-16-4-9-23-14)18-7-5-17(6-8-18)12-2-1-3-13(10-12)19(21)22;;/h1-3,10,14,16H,4-9,11H2;2*1H. The number of non-ortho nitro benzene ring substituents is 1. The van der Waals surface area contributed by atoms with E-state index in [4.69, 9.17) is 4.74 Å². The van der Waals surface area contributed by atoms with E-state index < -0.39 is 11.0 Å². The number of nitrogens with one attached hydrogen (secondary N) is 1. The lowest BCUT2D eigenvalue weighted by Gasteiger charge is -2.38. The van der Waals surface area contributed by atoms with Crippen molar-refractivity contribution in [2.24, 2.45) is 0 Å². The minimum absolute atomic E-state index is 0. The average Bonchev–Trinajstić information content (AvgIpc) is 2.62. The van der Waals surface area contributed by atoms with Gasteiger partial charge in [0.15, 0.2) is 0 Å². The molecule has 10 heteroatoms. The summed E-state index contributed by atoms with van der Waals surface area (Å²) in [4.78, 5) is 26.7. The molecular formula is C15H22Cl2N4O4. The molecule has 2 aliphatic rings. The van der Waals surface area contributed by atoms with Crippen molar-refractivity contribution < 1.29 is 14.5 Å². The van der Waals surface area contributed by atoms with Crippen molar-refractivity contribution in [1.29, 1.82) is 0 Å². The van der Waals surface area contributed by atoms with Crippen LogP contribution in [0.2, 0.25) is 0 Å². The molecule has 0 radical (unpaired) electrons. The van der Waals surface area contributed by atoms with Crippen LogP contribution in [0.1, 0.15) is 0 Å². The smallest absolute Gasteiger partial charge is 0.271 e. The van der Waals surface area contributed by atoms with Gasteiger partial charge in [-0.3, -0.25) is 14.9 Å². The number of hydrogen-bond acceptors (Lipinski definition) is 6. The summed E-state index contributed by atoms with van der Waals surface area (Å²) in [5.74, 6) is 0.0240. The summed E-state index contributed by atoms with van der Waals surface area (Å²) >= 11 is 0. The Bertz CT molecular complexity index is 591. The number of anilines is 1. The van der Waals surface area contributed by atoms with Gasteiger partial charge in [0.05, 0.1) is 11.5 Å². The summed E-state index contributed by atoms with van der Waals surface area (Å²) in [6, 6.07) is 6.60. The largest absolute Gasteiger partial charge is 0.368 e. The highest BCUT2D eigenvalue weighted by atomic mass is 35.5. The highest BCUT2D eigenvalue weighted by molar-refractivity contribution is 5.85. The summed E-state index contributed by atoms with van der Waals surface area (Å²) in [6.07, 6.45) is -0.395. The van der Waals surface area contributed by atoms with Gasteiger partial charge in [0.1, 0.15) is 6.10 Å². The van der Waals surface area contributed by atoms with Gasteiger partial charge >= 0.3 is 0 Å². The van der Waals surface area contributed by atoms with Crippen molar-refractivity contribution in [2.45, 2.75) is 6.10 Å². The first-order valence-electron chi connectivity index (χ1n) is 7.75. The summed E-state index contributed by atoms with van der Waals surface area (Å²) < 4.78 is 5.50. The van der Waals surface area contributed by atoms with Gasteiger partial charge in [0.25, 0.3) is 11.6 Å². The molecule has 0 spiro atoms. The maximum Gasteiger partial charge on any atom is 0.271 e. The lowest BCUT2D eigenvalue weighted by atomic mass is 10.2. The van der Waals surface area contributed by atoms with Crippen LogP contribution in [0.5, 0.6) is 0 Å². The van der Waals surface area contributed by atoms with Crippen molar-refractivity contribution in [3.63, 3.8) is 0 Å². The molecule has 3 rings (SSSR count). The summed E-state index contributed by atoms with van der Waals surface area (Å²) in [5, 5.41) is 14.0. The van der Waals surface area contributed by atoms with Crippen LogP contribution in [0, 0.1) is 10.1 Å². The fourth-order valence-corrected chi connectivity index (χ4v) is 2.92. The Balaban J connectivity index is 0.00000156. The van der Waals surface area contributed by atoms with Crippen LogP contribution in [-0.2, 0) is 9.53 Å². The Hall–Kier alpha value is -1.61. The Morgan fingerprint density at radius 3 is 2.56 bits per heavy atom. The highest BCUT2D eigenvalue weighted by Crippen LogP contribution is 2.22. The number of nitrogens with zero attached hydrogens (tertiary/aromatic N) is 3. The second kappa shape index (κ2) is 9.76. The predicted octanol–water partition coefficient (Wildman–Crippen LogP) is 1.08. The number of halogens is 2. The lowest BCUT2D eigenvalue weighted by molar-refractivity contribution is -0.384. The molecule has 2 saturated heterocycles. The molecule has 1 atom stereocenters. The van der Waals surface area contributed by atoms with E-state index in [1.165, 1.54) is 6.07 Å². The van der Waals surface area contributed by atoms with E-state index in [9.17, 15) is 14.9 Å². The molecule has 1 amide bonds. The fourth-order valence-electron chi connectivity index (χ4n) is 2.92. The number of hydrogen-bond donors (Lipinski definition) is 1. The molecule has 0 aliphatic carbocycles. The molecule has 0 saturated carbocycles. The van der Waals surface area contributed by atoms with Crippen molar-refractivity contribution in [3.05, 3.63) is 34.4 Å². The van der Waals surface area contributed by atoms with E-state index in [0.29, 0.717) is 39.3 Å². The topological polar surface area (TPSA) is 88.0 Å². The predicted molar refractivity (Wildman–Crippen MR) is 99.0 cm³/mol. The number of nitro groups is 1. The van der Waals surface area contributed by atoms with E-state index in [1.54, 1.807) is 12.1 Å². The molecule has 1 N–H and O–H groups in total. The molecule has 0 aromatic heterocycles. The maximum absolute atomic E-state index is 12.4. The average molecular weight is 393 g/mol. The van der Waals surface area contributed by atoms with Crippen molar-refractivity contribution in [1.82, 2.24) is 10.2 Å². The molecular weight excluding hydrogens is 371 g/mol. The number of morpholine rings is 1. The van der Waals surface area contributed by atoms with Gasteiger partial charge in [-0.15, -0.1) is 24.8 Å². The number of nitro benzene ring substituents is 1. The zero-order chi connectivity index (χ0) is 16.2. The fraction of sp³-hybridized carbons (Fsp3) is 0.533. The van der Waals surface area contributed by atoms with Crippen molar-refractivity contribution in [3.8, 4) is 0 Å². The SMILES string of the molecule is Cl.Cl.O=C(C1CNCCO1)N1CCN(c2cccc([N+](=O)[O-])c2)CC1. The highest BCUT2D eigenvalue weighted by Gasteiger charge is 2.29. The van der Waals surface area contributed by atoms with Gasteiger partial charge in [-0.05, 0) is 6.07 Å². The Kier molecular flexibility index (Phi) is 8.37. The van der Waals surface area contributed by atoms with Crippen LogP contribution in [0.4, 0.5) is 11.4 Å². The van der Waals surface area contributed by atoms with Crippen LogP contribution in [0.15, 0.2) is 24.3 Å². The minimum atomic E-state index is -0.395. The van der Waals surface area contributed by atoms with Gasteiger partial charge < -0.3 is 19.9 Å².